The van der Waals surface area contributed by atoms with E-state index in [1.54, 1.807) is 0 Å². The Labute approximate surface area is 93.6 Å². The molecule has 0 unspecified atom stereocenters. The number of halogens is 1. The molecule has 0 saturated heterocycles. The van der Waals surface area contributed by atoms with E-state index in [4.69, 9.17) is 4.74 Å². The number of rotatable bonds is 2. The van der Waals surface area contributed by atoms with Crippen molar-refractivity contribution in [2.24, 2.45) is 0 Å². The predicted molar refractivity (Wildman–Crippen MR) is 61.8 cm³/mol. The molecule has 76 valence electrons. The SMILES string of the molecule is Cc1ccc(Br)c(OC2CCCC2)c1. The van der Waals surface area contributed by atoms with Gasteiger partial charge in [0.2, 0.25) is 0 Å². The summed E-state index contributed by atoms with van der Waals surface area (Å²) in [5, 5.41) is 0. The van der Waals surface area contributed by atoms with E-state index in [1.807, 2.05) is 0 Å². The van der Waals surface area contributed by atoms with E-state index in [9.17, 15) is 0 Å². The third-order valence-corrected chi connectivity index (χ3v) is 3.34. The lowest BCUT2D eigenvalue weighted by molar-refractivity contribution is 0.208. The van der Waals surface area contributed by atoms with Gasteiger partial charge >= 0.3 is 0 Å². The fourth-order valence-corrected chi connectivity index (χ4v) is 2.23. The molecule has 2 rings (SSSR count). The molecule has 0 bridgehead atoms. The van der Waals surface area contributed by atoms with Crippen molar-refractivity contribution in [2.45, 2.75) is 38.7 Å². The van der Waals surface area contributed by atoms with Crippen LogP contribution in [0.2, 0.25) is 0 Å². The van der Waals surface area contributed by atoms with Crippen molar-refractivity contribution in [3.8, 4) is 5.75 Å². The molecule has 0 radical (unpaired) electrons. The summed E-state index contributed by atoms with van der Waals surface area (Å²) < 4.78 is 7.00. The van der Waals surface area contributed by atoms with Crippen LogP contribution < -0.4 is 4.74 Å². The van der Waals surface area contributed by atoms with Gasteiger partial charge in [0.25, 0.3) is 0 Å². The maximum atomic E-state index is 5.94. The monoisotopic (exact) mass is 254 g/mol. The van der Waals surface area contributed by atoms with Crippen LogP contribution in [-0.2, 0) is 0 Å². The molecule has 0 amide bonds. The molecule has 1 aliphatic rings. The minimum absolute atomic E-state index is 0.438. The van der Waals surface area contributed by atoms with Crippen molar-refractivity contribution in [3.05, 3.63) is 28.2 Å². The molecule has 0 heterocycles. The van der Waals surface area contributed by atoms with E-state index in [2.05, 4.69) is 41.1 Å². The summed E-state index contributed by atoms with van der Waals surface area (Å²) >= 11 is 3.51. The lowest BCUT2D eigenvalue weighted by Gasteiger charge is -2.14. The predicted octanol–water partition coefficient (Wildman–Crippen LogP) is 4.08. The third kappa shape index (κ3) is 2.30. The van der Waals surface area contributed by atoms with Crippen molar-refractivity contribution in [1.29, 1.82) is 0 Å². The molecule has 14 heavy (non-hydrogen) atoms. The molecular weight excluding hydrogens is 240 g/mol. The zero-order valence-corrected chi connectivity index (χ0v) is 10.0. The Hall–Kier alpha value is -0.500. The highest BCUT2D eigenvalue weighted by atomic mass is 79.9. The number of benzene rings is 1. The second-order valence-electron chi connectivity index (χ2n) is 3.96. The number of hydrogen-bond acceptors (Lipinski definition) is 1. The standard InChI is InChI=1S/C12H15BrO/c1-9-6-7-11(13)12(8-9)14-10-4-2-3-5-10/h6-8,10H,2-5H2,1H3. The van der Waals surface area contributed by atoms with Gasteiger partial charge in [-0.2, -0.15) is 0 Å². The van der Waals surface area contributed by atoms with E-state index >= 15 is 0 Å². The first-order chi connectivity index (χ1) is 6.75. The van der Waals surface area contributed by atoms with Gasteiger partial charge in [-0.3, -0.25) is 0 Å². The van der Waals surface area contributed by atoms with Crippen molar-refractivity contribution in [1.82, 2.24) is 0 Å². The van der Waals surface area contributed by atoms with Crippen LogP contribution in [0.5, 0.6) is 5.75 Å². The molecule has 0 aliphatic heterocycles. The van der Waals surface area contributed by atoms with Gasteiger partial charge in [0.15, 0.2) is 0 Å². The number of ether oxygens (including phenoxy) is 1. The van der Waals surface area contributed by atoms with Gasteiger partial charge in [-0.25, -0.2) is 0 Å². The van der Waals surface area contributed by atoms with Crippen LogP contribution in [0.1, 0.15) is 31.2 Å². The molecule has 0 spiro atoms. The zero-order valence-electron chi connectivity index (χ0n) is 8.42. The van der Waals surface area contributed by atoms with Crippen LogP contribution in [0.15, 0.2) is 22.7 Å². The van der Waals surface area contributed by atoms with Crippen LogP contribution in [0.25, 0.3) is 0 Å². The highest BCUT2D eigenvalue weighted by Crippen LogP contribution is 2.30. The fourth-order valence-electron chi connectivity index (χ4n) is 1.89. The molecule has 1 aromatic rings. The van der Waals surface area contributed by atoms with Crippen LogP contribution in [0.4, 0.5) is 0 Å². The van der Waals surface area contributed by atoms with Crippen LogP contribution in [0.3, 0.4) is 0 Å². The molecular formula is C12H15BrO. The Kier molecular flexibility index (Phi) is 3.12. The topological polar surface area (TPSA) is 9.23 Å². The van der Waals surface area contributed by atoms with E-state index in [-0.39, 0.29) is 0 Å². The first kappa shape index (κ1) is 10.0. The number of hydrogen-bond donors (Lipinski definition) is 0. The lowest BCUT2D eigenvalue weighted by atomic mass is 10.2. The van der Waals surface area contributed by atoms with Crippen molar-refractivity contribution in [2.75, 3.05) is 0 Å². The average molecular weight is 255 g/mol. The van der Waals surface area contributed by atoms with Crippen molar-refractivity contribution < 1.29 is 4.74 Å². The quantitative estimate of drug-likeness (QED) is 0.773. The summed E-state index contributed by atoms with van der Waals surface area (Å²) in [6.45, 7) is 2.09. The van der Waals surface area contributed by atoms with Crippen molar-refractivity contribution in [3.63, 3.8) is 0 Å². The first-order valence-corrected chi connectivity index (χ1v) is 5.98. The van der Waals surface area contributed by atoms with E-state index in [0.717, 1.165) is 10.2 Å². The fraction of sp³-hybridized carbons (Fsp3) is 0.500. The lowest BCUT2D eigenvalue weighted by Crippen LogP contribution is -2.11. The Morgan fingerprint density at radius 1 is 1.29 bits per heavy atom. The molecule has 1 fully saturated rings. The Morgan fingerprint density at radius 2 is 2.00 bits per heavy atom. The summed E-state index contributed by atoms with van der Waals surface area (Å²) in [7, 11) is 0. The molecule has 0 N–H and O–H groups in total. The summed E-state index contributed by atoms with van der Waals surface area (Å²) in [4.78, 5) is 0. The molecule has 2 heteroatoms. The van der Waals surface area contributed by atoms with Gasteiger partial charge in [-0.15, -0.1) is 0 Å². The second-order valence-corrected chi connectivity index (χ2v) is 4.81. The molecule has 1 aromatic carbocycles. The maximum Gasteiger partial charge on any atom is 0.134 e. The molecule has 1 nitrogen and oxygen atoms in total. The molecule has 1 saturated carbocycles. The average Bonchev–Trinajstić information content (AvgIpc) is 2.64. The minimum atomic E-state index is 0.438. The van der Waals surface area contributed by atoms with Gasteiger partial charge in [0.05, 0.1) is 10.6 Å². The highest BCUT2D eigenvalue weighted by Gasteiger charge is 2.17. The van der Waals surface area contributed by atoms with Crippen LogP contribution in [-0.4, -0.2) is 6.10 Å². The van der Waals surface area contributed by atoms with Gasteiger partial charge in [0.1, 0.15) is 5.75 Å². The minimum Gasteiger partial charge on any atom is -0.489 e. The smallest absolute Gasteiger partial charge is 0.134 e. The van der Waals surface area contributed by atoms with Gasteiger partial charge in [-0.1, -0.05) is 6.07 Å². The van der Waals surface area contributed by atoms with Gasteiger partial charge in [-0.05, 0) is 66.2 Å². The van der Waals surface area contributed by atoms with E-state index in [1.165, 1.54) is 31.2 Å². The van der Waals surface area contributed by atoms with Gasteiger partial charge in [0, 0.05) is 0 Å². The van der Waals surface area contributed by atoms with Crippen LogP contribution >= 0.6 is 15.9 Å². The summed E-state index contributed by atoms with van der Waals surface area (Å²) in [6.07, 6.45) is 5.48. The highest BCUT2D eigenvalue weighted by molar-refractivity contribution is 9.10. The normalized spacial score (nSPS) is 17.3. The molecule has 0 atom stereocenters. The molecule has 0 aromatic heterocycles. The Bertz CT molecular complexity index is 316. The Balaban J connectivity index is 2.10. The maximum absolute atomic E-state index is 5.94. The number of aryl methyl sites for hydroxylation is 1. The van der Waals surface area contributed by atoms with E-state index < -0.39 is 0 Å². The molecule has 1 aliphatic carbocycles. The third-order valence-electron chi connectivity index (χ3n) is 2.68. The first-order valence-electron chi connectivity index (χ1n) is 5.18. The summed E-state index contributed by atoms with van der Waals surface area (Å²) in [6, 6.07) is 6.24. The summed E-state index contributed by atoms with van der Waals surface area (Å²) in [5.41, 5.74) is 1.25. The Morgan fingerprint density at radius 3 is 2.71 bits per heavy atom. The largest absolute Gasteiger partial charge is 0.489 e. The summed E-state index contributed by atoms with van der Waals surface area (Å²) in [5.74, 6) is 0.997. The van der Waals surface area contributed by atoms with Crippen molar-refractivity contribution >= 4 is 15.9 Å². The van der Waals surface area contributed by atoms with Gasteiger partial charge < -0.3 is 4.74 Å². The second kappa shape index (κ2) is 4.35. The van der Waals surface area contributed by atoms with E-state index in [0.29, 0.717) is 6.10 Å². The zero-order chi connectivity index (χ0) is 9.97. The van der Waals surface area contributed by atoms with Crippen LogP contribution in [0, 0.1) is 6.92 Å².